The van der Waals surface area contributed by atoms with Gasteiger partial charge in [0.2, 0.25) is 5.91 Å². The van der Waals surface area contributed by atoms with Crippen molar-refractivity contribution in [1.29, 1.82) is 0 Å². The van der Waals surface area contributed by atoms with Gasteiger partial charge in [-0.05, 0) is 20.8 Å². The number of aliphatic hydroxyl groups is 1. The summed E-state index contributed by atoms with van der Waals surface area (Å²) in [7, 11) is 1.69. The molecule has 108 valence electrons. The van der Waals surface area contributed by atoms with E-state index in [1.54, 1.807) is 11.9 Å². The third-order valence-electron chi connectivity index (χ3n) is 2.99. The molecule has 1 aromatic heterocycles. The van der Waals surface area contributed by atoms with E-state index in [9.17, 15) is 4.79 Å². The number of likely N-dealkylation sites (N-methyl/N-ethyl adjacent to an activating group) is 1. The van der Waals surface area contributed by atoms with Gasteiger partial charge in [-0.1, -0.05) is 0 Å². The van der Waals surface area contributed by atoms with E-state index >= 15 is 0 Å². The summed E-state index contributed by atoms with van der Waals surface area (Å²) in [5, 5.41) is 11.8. The van der Waals surface area contributed by atoms with Gasteiger partial charge in [0.25, 0.3) is 0 Å². The van der Waals surface area contributed by atoms with Gasteiger partial charge < -0.3 is 14.7 Å². The molecule has 0 spiro atoms. The maximum atomic E-state index is 12.0. The lowest BCUT2D eigenvalue weighted by Gasteiger charge is -2.22. The van der Waals surface area contributed by atoms with Gasteiger partial charge in [0.05, 0.1) is 24.8 Å². The van der Waals surface area contributed by atoms with Crippen LogP contribution in [0.1, 0.15) is 37.6 Å². The molecule has 2 atom stereocenters. The highest BCUT2D eigenvalue weighted by Gasteiger charge is 2.17. The zero-order valence-corrected chi connectivity index (χ0v) is 12.7. The van der Waals surface area contributed by atoms with Gasteiger partial charge in [0.1, 0.15) is 11.1 Å². The molecule has 0 radical (unpaired) electrons. The predicted molar refractivity (Wildman–Crippen MR) is 75.2 cm³/mol. The zero-order chi connectivity index (χ0) is 14.4. The van der Waals surface area contributed by atoms with Crippen LogP contribution in [0.4, 0.5) is 0 Å². The Balaban J connectivity index is 2.60. The van der Waals surface area contributed by atoms with Crippen molar-refractivity contribution in [3.63, 3.8) is 0 Å². The lowest BCUT2D eigenvalue weighted by molar-refractivity contribution is -0.131. The third-order valence-corrected chi connectivity index (χ3v) is 4.04. The number of aliphatic hydroxyl groups excluding tert-OH is 1. The molecular weight excluding hydrogens is 264 g/mol. The summed E-state index contributed by atoms with van der Waals surface area (Å²) in [5.41, 5.74) is 0.758. The first-order valence-electron chi connectivity index (χ1n) is 6.42. The molecule has 0 aliphatic carbocycles. The SMILES string of the molecule is CCOC(C)c1nc(CC(=O)N(C)C(C)CO)cs1. The Morgan fingerprint density at radius 3 is 2.84 bits per heavy atom. The first kappa shape index (κ1) is 16.1. The van der Waals surface area contributed by atoms with Crippen molar-refractivity contribution in [2.75, 3.05) is 20.3 Å². The Bertz CT molecular complexity index is 408. The Hall–Kier alpha value is -0.980. The molecule has 0 aromatic carbocycles. The molecule has 5 nitrogen and oxygen atoms in total. The van der Waals surface area contributed by atoms with Crippen molar-refractivity contribution in [1.82, 2.24) is 9.88 Å². The third kappa shape index (κ3) is 4.56. The predicted octanol–water partition coefficient (Wildman–Crippen LogP) is 1.62. The van der Waals surface area contributed by atoms with Crippen LogP contribution in [-0.2, 0) is 16.0 Å². The lowest BCUT2D eigenvalue weighted by Crippen LogP contribution is -2.38. The van der Waals surface area contributed by atoms with Crippen molar-refractivity contribution in [3.8, 4) is 0 Å². The number of carbonyl (C=O) groups excluding carboxylic acids is 1. The fraction of sp³-hybridized carbons (Fsp3) is 0.692. The van der Waals surface area contributed by atoms with Gasteiger partial charge in [-0.15, -0.1) is 11.3 Å². The average Bonchev–Trinajstić information content (AvgIpc) is 2.85. The maximum absolute atomic E-state index is 12.0. The minimum atomic E-state index is -0.173. The number of carbonyl (C=O) groups is 1. The van der Waals surface area contributed by atoms with Crippen molar-refractivity contribution in [2.24, 2.45) is 0 Å². The summed E-state index contributed by atoms with van der Waals surface area (Å²) in [4.78, 5) is 17.9. The highest BCUT2D eigenvalue weighted by atomic mass is 32.1. The van der Waals surface area contributed by atoms with E-state index in [2.05, 4.69) is 4.98 Å². The van der Waals surface area contributed by atoms with E-state index in [1.807, 2.05) is 26.2 Å². The molecule has 0 fully saturated rings. The number of hydrogen-bond donors (Lipinski definition) is 1. The van der Waals surface area contributed by atoms with Crippen molar-refractivity contribution in [3.05, 3.63) is 16.1 Å². The van der Waals surface area contributed by atoms with Crippen LogP contribution in [0.25, 0.3) is 0 Å². The number of ether oxygens (including phenoxy) is 1. The van der Waals surface area contributed by atoms with Gasteiger partial charge in [-0.2, -0.15) is 0 Å². The van der Waals surface area contributed by atoms with E-state index in [-0.39, 0.29) is 31.1 Å². The minimum absolute atomic E-state index is 0.0343. The molecule has 1 heterocycles. The second-order valence-electron chi connectivity index (χ2n) is 4.49. The van der Waals surface area contributed by atoms with Crippen LogP contribution in [0.3, 0.4) is 0 Å². The molecule has 1 amide bonds. The largest absolute Gasteiger partial charge is 0.394 e. The Morgan fingerprint density at radius 1 is 1.58 bits per heavy atom. The first-order chi connectivity index (χ1) is 8.99. The first-order valence-corrected chi connectivity index (χ1v) is 7.29. The van der Waals surface area contributed by atoms with Crippen LogP contribution < -0.4 is 0 Å². The Kier molecular flexibility index (Phi) is 6.41. The number of aromatic nitrogens is 1. The average molecular weight is 286 g/mol. The zero-order valence-electron chi connectivity index (χ0n) is 11.9. The highest BCUT2D eigenvalue weighted by molar-refractivity contribution is 7.09. The highest BCUT2D eigenvalue weighted by Crippen LogP contribution is 2.21. The van der Waals surface area contributed by atoms with Crippen LogP contribution in [0.2, 0.25) is 0 Å². The number of thiazole rings is 1. The molecule has 0 saturated heterocycles. The molecule has 0 aliphatic heterocycles. The number of rotatable bonds is 7. The fourth-order valence-corrected chi connectivity index (χ4v) is 2.38. The quantitative estimate of drug-likeness (QED) is 0.827. The van der Waals surface area contributed by atoms with Crippen LogP contribution in [0, 0.1) is 0 Å². The summed E-state index contributed by atoms with van der Waals surface area (Å²) < 4.78 is 5.47. The minimum Gasteiger partial charge on any atom is -0.394 e. The Labute approximate surface area is 118 Å². The molecule has 1 N–H and O–H groups in total. The van der Waals surface area contributed by atoms with Gasteiger partial charge >= 0.3 is 0 Å². The second-order valence-corrected chi connectivity index (χ2v) is 5.38. The summed E-state index contributed by atoms with van der Waals surface area (Å²) in [5.74, 6) is -0.0394. The van der Waals surface area contributed by atoms with E-state index in [0.29, 0.717) is 6.61 Å². The number of nitrogens with zero attached hydrogens (tertiary/aromatic N) is 2. The second kappa shape index (κ2) is 7.57. The number of amides is 1. The smallest absolute Gasteiger partial charge is 0.228 e. The van der Waals surface area contributed by atoms with Crippen LogP contribution >= 0.6 is 11.3 Å². The van der Waals surface area contributed by atoms with Gasteiger partial charge in [0, 0.05) is 19.0 Å². The number of hydrogen-bond acceptors (Lipinski definition) is 5. The van der Waals surface area contributed by atoms with E-state index in [1.165, 1.54) is 11.3 Å². The summed E-state index contributed by atoms with van der Waals surface area (Å²) in [6.45, 7) is 6.31. The van der Waals surface area contributed by atoms with Crippen molar-refractivity contribution in [2.45, 2.75) is 39.3 Å². The Morgan fingerprint density at radius 2 is 2.26 bits per heavy atom. The molecule has 0 bridgehead atoms. The summed E-state index contributed by atoms with van der Waals surface area (Å²) in [6, 6.07) is -0.173. The topological polar surface area (TPSA) is 62.7 Å². The molecule has 0 saturated carbocycles. The van der Waals surface area contributed by atoms with E-state index < -0.39 is 0 Å². The standard InChI is InChI=1S/C13H22N2O3S/c1-5-18-10(3)13-14-11(8-19-13)6-12(17)15(4)9(2)7-16/h8-10,16H,5-7H2,1-4H3. The molecule has 6 heteroatoms. The summed E-state index contributed by atoms with van der Waals surface area (Å²) in [6.07, 6.45) is 0.226. The molecular formula is C13H22N2O3S. The van der Waals surface area contributed by atoms with E-state index in [4.69, 9.17) is 9.84 Å². The van der Waals surface area contributed by atoms with E-state index in [0.717, 1.165) is 10.7 Å². The molecule has 2 unspecified atom stereocenters. The van der Waals surface area contributed by atoms with Crippen LogP contribution in [0.5, 0.6) is 0 Å². The lowest BCUT2D eigenvalue weighted by atomic mass is 10.2. The summed E-state index contributed by atoms with van der Waals surface area (Å²) >= 11 is 1.51. The van der Waals surface area contributed by atoms with Crippen LogP contribution in [-0.4, -0.2) is 47.2 Å². The normalized spacial score (nSPS) is 14.2. The van der Waals surface area contributed by atoms with Gasteiger partial charge in [0.15, 0.2) is 0 Å². The van der Waals surface area contributed by atoms with Gasteiger partial charge in [-0.25, -0.2) is 4.98 Å². The molecule has 0 aliphatic rings. The monoisotopic (exact) mass is 286 g/mol. The van der Waals surface area contributed by atoms with Crippen molar-refractivity contribution < 1.29 is 14.6 Å². The van der Waals surface area contributed by atoms with Crippen molar-refractivity contribution >= 4 is 17.2 Å². The van der Waals surface area contributed by atoms with Crippen LogP contribution in [0.15, 0.2) is 5.38 Å². The maximum Gasteiger partial charge on any atom is 0.228 e. The molecule has 1 aromatic rings. The molecule has 19 heavy (non-hydrogen) atoms. The van der Waals surface area contributed by atoms with Gasteiger partial charge in [-0.3, -0.25) is 4.79 Å². The molecule has 1 rings (SSSR count). The fourth-order valence-electron chi connectivity index (χ4n) is 1.56.